The Hall–Kier alpha value is -2.30. The van der Waals surface area contributed by atoms with Crippen molar-refractivity contribution in [3.8, 4) is 0 Å². The number of carbonyl (C=O) groups is 2. The summed E-state index contributed by atoms with van der Waals surface area (Å²) in [5, 5.41) is 4.54. The van der Waals surface area contributed by atoms with E-state index in [9.17, 15) is 22.4 Å². The van der Waals surface area contributed by atoms with Gasteiger partial charge >= 0.3 is 5.97 Å². The van der Waals surface area contributed by atoms with Gasteiger partial charge in [-0.2, -0.15) is 4.72 Å². The van der Waals surface area contributed by atoms with Crippen LogP contribution in [0.15, 0.2) is 46.7 Å². The lowest BCUT2D eigenvalue weighted by Crippen LogP contribution is -2.34. The van der Waals surface area contributed by atoms with E-state index in [-0.39, 0.29) is 10.9 Å². The number of esters is 1. The maximum atomic E-state index is 12.8. The number of hydrogen-bond donors (Lipinski definition) is 2. The van der Waals surface area contributed by atoms with Crippen LogP contribution in [0.2, 0.25) is 0 Å². The van der Waals surface area contributed by atoms with Crippen LogP contribution in [-0.4, -0.2) is 33.4 Å². The second-order valence-electron chi connectivity index (χ2n) is 5.24. The third kappa shape index (κ3) is 5.90. The molecule has 1 amide bonds. The first-order chi connectivity index (χ1) is 12.3. The number of sulfonamides is 1. The van der Waals surface area contributed by atoms with E-state index < -0.39 is 40.9 Å². The fourth-order valence-corrected chi connectivity index (χ4v) is 3.64. The van der Waals surface area contributed by atoms with Crippen LogP contribution in [-0.2, 0) is 24.3 Å². The van der Waals surface area contributed by atoms with Crippen molar-refractivity contribution in [2.24, 2.45) is 0 Å². The van der Waals surface area contributed by atoms with Gasteiger partial charge in [0.25, 0.3) is 5.91 Å². The number of hydrogen-bond acceptors (Lipinski definition) is 6. The molecule has 0 saturated heterocycles. The van der Waals surface area contributed by atoms with E-state index in [1.807, 2.05) is 22.2 Å². The highest BCUT2D eigenvalue weighted by atomic mass is 32.2. The van der Waals surface area contributed by atoms with Gasteiger partial charge in [0, 0.05) is 4.88 Å². The van der Waals surface area contributed by atoms with Gasteiger partial charge in [0.1, 0.15) is 12.4 Å². The maximum Gasteiger partial charge on any atom is 0.321 e. The lowest BCUT2D eigenvalue weighted by Gasteiger charge is -2.12. The molecule has 2 N–H and O–H groups in total. The summed E-state index contributed by atoms with van der Waals surface area (Å²) >= 11 is 1.48. The molecule has 2 aromatic rings. The molecule has 0 bridgehead atoms. The largest absolute Gasteiger partial charge is 0.455 e. The van der Waals surface area contributed by atoms with Crippen molar-refractivity contribution in [1.82, 2.24) is 10.0 Å². The van der Waals surface area contributed by atoms with Crippen LogP contribution in [0.1, 0.15) is 17.8 Å². The van der Waals surface area contributed by atoms with E-state index >= 15 is 0 Å². The van der Waals surface area contributed by atoms with Gasteiger partial charge in [0.2, 0.25) is 10.0 Å². The Morgan fingerprint density at radius 2 is 1.92 bits per heavy atom. The fraction of sp³-hybridized carbons (Fsp3) is 0.250. The lowest BCUT2D eigenvalue weighted by molar-refractivity contribution is -0.147. The molecule has 0 aliphatic carbocycles. The molecule has 1 heterocycles. The zero-order chi connectivity index (χ0) is 19.2. The van der Waals surface area contributed by atoms with Crippen LogP contribution in [0.25, 0.3) is 0 Å². The van der Waals surface area contributed by atoms with E-state index in [1.54, 1.807) is 6.92 Å². The summed E-state index contributed by atoms with van der Waals surface area (Å²) in [6.07, 6.45) is 0. The van der Waals surface area contributed by atoms with Crippen molar-refractivity contribution in [1.29, 1.82) is 0 Å². The van der Waals surface area contributed by atoms with Crippen molar-refractivity contribution in [3.05, 3.63) is 52.5 Å². The molecule has 7 nitrogen and oxygen atoms in total. The van der Waals surface area contributed by atoms with Crippen LogP contribution in [0.5, 0.6) is 0 Å². The Morgan fingerprint density at radius 3 is 2.54 bits per heavy atom. The second kappa shape index (κ2) is 8.88. The molecule has 2 rings (SSSR count). The first kappa shape index (κ1) is 20.0. The molecule has 26 heavy (non-hydrogen) atoms. The highest BCUT2D eigenvalue weighted by Gasteiger charge is 2.17. The third-order valence-corrected chi connectivity index (χ3v) is 5.71. The average Bonchev–Trinajstić information content (AvgIpc) is 3.13. The van der Waals surface area contributed by atoms with Crippen molar-refractivity contribution < 1.29 is 27.1 Å². The number of rotatable bonds is 8. The second-order valence-corrected chi connectivity index (χ2v) is 7.99. The van der Waals surface area contributed by atoms with Gasteiger partial charge in [0.15, 0.2) is 6.61 Å². The summed E-state index contributed by atoms with van der Waals surface area (Å²) in [6, 6.07) is 7.63. The minimum atomic E-state index is -3.98. The van der Waals surface area contributed by atoms with Gasteiger partial charge < -0.3 is 10.1 Å². The Kier molecular flexibility index (Phi) is 6.83. The predicted molar refractivity (Wildman–Crippen MR) is 93.4 cm³/mol. The molecule has 1 atom stereocenters. The first-order valence-corrected chi connectivity index (χ1v) is 9.88. The summed E-state index contributed by atoms with van der Waals surface area (Å²) in [5.74, 6) is -1.98. The minimum Gasteiger partial charge on any atom is -0.455 e. The van der Waals surface area contributed by atoms with E-state index in [0.29, 0.717) is 0 Å². The quantitative estimate of drug-likeness (QED) is 0.655. The molecule has 0 saturated carbocycles. The van der Waals surface area contributed by atoms with Gasteiger partial charge in [-0.25, -0.2) is 12.8 Å². The van der Waals surface area contributed by atoms with Crippen molar-refractivity contribution >= 4 is 33.2 Å². The number of thiophene rings is 1. The molecule has 0 aliphatic heterocycles. The standard InChI is InChI=1S/C16H17FN2O5S2/c1-11(14-3-2-8-25-14)19-15(20)10-24-16(21)9-18-26(22,23)13-6-4-12(17)5-7-13/h2-8,11,18H,9-10H2,1H3,(H,19,20)/t11-/m1/s1. The molecule has 0 radical (unpaired) electrons. The summed E-state index contributed by atoms with van der Waals surface area (Å²) in [7, 11) is -3.98. The van der Waals surface area contributed by atoms with E-state index in [4.69, 9.17) is 4.74 Å². The molecule has 0 spiro atoms. The molecular weight excluding hydrogens is 383 g/mol. The van der Waals surface area contributed by atoms with Gasteiger partial charge in [0.05, 0.1) is 10.9 Å². The fourth-order valence-electron chi connectivity index (χ4n) is 1.94. The summed E-state index contributed by atoms with van der Waals surface area (Å²) in [6.45, 7) is 0.628. The Labute approximate surface area is 154 Å². The molecule has 0 fully saturated rings. The van der Waals surface area contributed by atoms with Crippen LogP contribution < -0.4 is 10.0 Å². The predicted octanol–water partition coefficient (Wildman–Crippen LogP) is 1.59. The Bertz CT molecular complexity index is 851. The van der Waals surface area contributed by atoms with E-state index in [1.165, 1.54) is 11.3 Å². The SMILES string of the molecule is C[C@@H](NC(=O)COC(=O)CNS(=O)(=O)c1ccc(F)cc1)c1cccs1. The summed E-state index contributed by atoms with van der Waals surface area (Å²) in [4.78, 5) is 24.1. The van der Waals surface area contributed by atoms with Gasteiger partial charge in [-0.15, -0.1) is 11.3 Å². The zero-order valence-electron chi connectivity index (χ0n) is 13.8. The highest BCUT2D eigenvalue weighted by Crippen LogP contribution is 2.17. The minimum absolute atomic E-state index is 0.186. The van der Waals surface area contributed by atoms with Gasteiger partial charge in [-0.05, 0) is 42.6 Å². The maximum absolute atomic E-state index is 12.8. The lowest BCUT2D eigenvalue weighted by atomic mass is 10.3. The Morgan fingerprint density at radius 1 is 1.23 bits per heavy atom. The summed E-state index contributed by atoms with van der Waals surface area (Å²) < 4.78 is 43.5. The normalized spacial score (nSPS) is 12.4. The molecular formula is C16H17FN2O5S2. The topological polar surface area (TPSA) is 102 Å². The van der Waals surface area contributed by atoms with E-state index in [0.717, 1.165) is 29.1 Å². The number of nitrogens with one attached hydrogen (secondary N) is 2. The smallest absolute Gasteiger partial charge is 0.321 e. The molecule has 0 unspecified atom stereocenters. The number of amides is 1. The average molecular weight is 400 g/mol. The first-order valence-electron chi connectivity index (χ1n) is 7.51. The zero-order valence-corrected chi connectivity index (χ0v) is 15.4. The van der Waals surface area contributed by atoms with Crippen molar-refractivity contribution in [3.63, 3.8) is 0 Å². The van der Waals surface area contributed by atoms with Gasteiger partial charge in [-0.1, -0.05) is 6.07 Å². The van der Waals surface area contributed by atoms with Crippen molar-refractivity contribution in [2.45, 2.75) is 17.9 Å². The molecule has 1 aromatic heterocycles. The number of carbonyl (C=O) groups excluding carboxylic acids is 2. The summed E-state index contributed by atoms with van der Waals surface area (Å²) in [5.41, 5.74) is 0. The van der Waals surface area contributed by atoms with Crippen molar-refractivity contribution in [2.75, 3.05) is 13.2 Å². The van der Waals surface area contributed by atoms with Crippen LogP contribution >= 0.6 is 11.3 Å². The molecule has 10 heteroatoms. The van der Waals surface area contributed by atoms with Crippen LogP contribution in [0, 0.1) is 5.82 Å². The highest BCUT2D eigenvalue weighted by molar-refractivity contribution is 7.89. The molecule has 140 valence electrons. The molecule has 1 aromatic carbocycles. The molecule has 0 aliphatic rings. The number of halogens is 1. The van der Waals surface area contributed by atoms with Crippen LogP contribution in [0.4, 0.5) is 4.39 Å². The number of ether oxygens (including phenoxy) is 1. The van der Waals surface area contributed by atoms with Gasteiger partial charge in [-0.3, -0.25) is 9.59 Å². The monoisotopic (exact) mass is 400 g/mol. The third-order valence-electron chi connectivity index (χ3n) is 3.24. The van der Waals surface area contributed by atoms with Crippen LogP contribution in [0.3, 0.4) is 0 Å². The Balaban J connectivity index is 1.76. The number of benzene rings is 1. The van der Waals surface area contributed by atoms with E-state index in [2.05, 4.69) is 5.32 Å².